The van der Waals surface area contributed by atoms with E-state index in [0.29, 0.717) is 18.9 Å². The lowest BCUT2D eigenvalue weighted by Crippen LogP contribution is -2.42. The molecule has 2 aromatic carbocycles. The van der Waals surface area contributed by atoms with Crippen molar-refractivity contribution in [2.24, 2.45) is 5.92 Å². The maximum absolute atomic E-state index is 13.2. The number of nitrogens with zero attached hydrogens (tertiary/aromatic N) is 2. The minimum atomic E-state index is -0.236. The third-order valence-electron chi connectivity index (χ3n) is 7.11. The number of H-pyrrole nitrogens is 1. The summed E-state index contributed by atoms with van der Waals surface area (Å²) in [5.74, 6) is 0.375. The van der Waals surface area contributed by atoms with Crippen LogP contribution in [-0.4, -0.2) is 46.2 Å². The van der Waals surface area contributed by atoms with Crippen molar-refractivity contribution in [2.75, 3.05) is 19.6 Å². The molecule has 6 heteroatoms. The van der Waals surface area contributed by atoms with Gasteiger partial charge in [0, 0.05) is 53.6 Å². The number of carbonyl (C=O) groups excluding carboxylic acids is 2. The number of nitrogens with one attached hydrogen (secondary N) is 1. The highest BCUT2D eigenvalue weighted by Gasteiger charge is 2.39. The predicted molar refractivity (Wildman–Crippen MR) is 127 cm³/mol. The van der Waals surface area contributed by atoms with Crippen molar-refractivity contribution in [3.05, 3.63) is 70.9 Å². The molecule has 166 valence electrons. The summed E-state index contributed by atoms with van der Waals surface area (Å²) < 4.78 is 0. The van der Waals surface area contributed by atoms with Gasteiger partial charge in [-0.2, -0.15) is 0 Å². The van der Waals surface area contributed by atoms with Crippen LogP contribution in [0, 0.1) is 5.92 Å². The minimum Gasteiger partial charge on any atom is -0.358 e. The van der Waals surface area contributed by atoms with Gasteiger partial charge in [-0.25, -0.2) is 0 Å². The second-order valence-electron chi connectivity index (χ2n) is 9.09. The molecule has 2 aliphatic heterocycles. The van der Waals surface area contributed by atoms with Crippen LogP contribution in [0.5, 0.6) is 0 Å². The van der Waals surface area contributed by atoms with E-state index < -0.39 is 0 Å². The molecule has 0 spiro atoms. The molecular formula is C26H28ClN3O2. The van der Waals surface area contributed by atoms with Crippen LogP contribution in [0.1, 0.15) is 49.4 Å². The van der Waals surface area contributed by atoms with Gasteiger partial charge >= 0.3 is 0 Å². The minimum absolute atomic E-state index is 0.0113. The molecule has 2 aliphatic rings. The van der Waals surface area contributed by atoms with Gasteiger partial charge in [0.05, 0.1) is 12.0 Å². The zero-order valence-corrected chi connectivity index (χ0v) is 19.0. The third kappa shape index (κ3) is 4.02. The number of likely N-dealkylation sites (tertiary alicyclic amines) is 2. The fraction of sp³-hybridized carbons (Fsp3) is 0.385. The largest absolute Gasteiger partial charge is 0.358 e. The smallest absolute Gasteiger partial charge is 0.227 e. The number of piperidine rings is 1. The summed E-state index contributed by atoms with van der Waals surface area (Å²) in [4.78, 5) is 33.2. The summed E-state index contributed by atoms with van der Waals surface area (Å²) in [7, 11) is 0. The first kappa shape index (κ1) is 21.1. The Kier molecular flexibility index (Phi) is 5.68. The Morgan fingerprint density at radius 1 is 1.09 bits per heavy atom. The summed E-state index contributed by atoms with van der Waals surface area (Å²) in [6, 6.07) is 18.1. The van der Waals surface area contributed by atoms with E-state index in [1.54, 1.807) is 0 Å². The van der Waals surface area contributed by atoms with Gasteiger partial charge in [-0.15, -0.1) is 0 Å². The normalized spacial score (nSPS) is 20.8. The maximum atomic E-state index is 13.2. The Morgan fingerprint density at radius 2 is 1.84 bits per heavy atom. The molecule has 0 bridgehead atoms. The van der Waals surface area contributed by atoms with Crippen LogP contribution < -0.4 is 0 Å². The first-order valence-corrected chi connectivity index (χ1v) is 11.8. The van der Waals surface area contributed by atoms with Crippen LogP contribution in [0.3, 0.4) is 0 Å². The van der Waals surface area contributed by atoms with Crippen LogP contribution in [-0.2, 0) is 9.59 Å². The Labute approximate surface area is 193 Å². The van der Waals surface area contributed by atoms with Crippen LogP contribution in [0.4, 0.5) is 0 Å². The first-order valence-electron chi connectivity index (χ1n) is 11.4. The van der Waals surface area contributed by atoms with E-state index in [0.717, 1.165) is 47.4 Å². The lowest BCUT2D eigenvalue weighted by molar-refractivity contribution is -0.136. The molecule has 5 nitrogen and oxygen atoms in total. The van der Waals surface area contributed by atoms with Gasteiger partial charge in [-0.1, -0.05) is 41.9 Å². The maximum Gasteiger partial charge on any atom is 0.227 e. The Balaban J connectivity index is 1.20. The van der Waals surface area contributed by atoms with Gasteiger partial charge < -0.3 is 14.8 Å². The second kappa shape index (κ2) is 8.62. The zero-order chi connectivity index (χ0) is 22.2. The van der Waals surface area contributed by atoms with E-state index in [-0.39, 0.29) is 23.8 Å². The van der Waals surface area contributed by atoms with E-state index in [2.05, 4.69) is 11.1 Å². The number of rotatable bonds is 4. The van der Waals surface area contributed by atoms with E-state index >= 15 is 0 Å². The number of hydrogen-bond acceptors (Lipinski definition) is 2. The van der Waals surface area contributed by atoms with E-state index in [1.807, 2.05) is 65.3 Å². The molecule has 3 aromatic rings. The summed E-state index contributed by atoms with van der Waals surface area (Å²) >= 11 is 6.12. The Hall–Kier alpha value is -2.79. The van der Waals surface area contributed by atoms with Crippen LogP contribution in [0.2, 0.25) is 5.02 Å². The Bertz CT molecular complexity index is 1130. The van der Waals surface area contributed by atoms with E-state index in [4.69, 9.17) is 11.6 Å². The Morgan fingerprint density at radius 3 is 2.59 bits per heavy atom. The highest BCUT2D eigenvalue weighted by molar-refractivity contribution is 6.31. The summed E-state index contributed by atoms with van der Waals surface area (Å²) in [5.41, 5.74) is 3.42. The number of fused-ring (bicyclic) bond motifs is 1. The molecule has 2 amide bonds. The number of amides is 2. The van der Waals surface area contributed by atoms with Gasteiger partial charge in [-0.05, 0) is 49.6 Å². The molecule has 0 radical (unpaired) electrons. The van der Waals surface area contributed by atoms with Crippen molar-refractivity contribution in [3.8, 4) is 0 Å². The van der Waals surface area contributed by atoms with Gasteiger partial charge in [0.25, 0.3) is 0 Å². The standard InChI is InChI=1S/C26H28ClN3O2/c1-17(18-5-3-2-4-6-18)30-16-21(15-25(30)31)26(32)29-11-9-19(10-12-29)24-14-20-13-22(27)7-8-23(20)28-24/h2-8,13-14,17,19,21,28H,9-12,15-16H2,1H3. The van der Waals surface area contributed by atoms with Crippen LogP contribution in [0.15, 0.2) is 54.6 Å². The second-order valence-corrected chi connectivity index (χ2v) is 9.53. The van der Waals surface area contributed by atoms with Gasteiger partial charge in [0.15, 0.2) is 0 Å². The molecule has 2 saturated heterocycles. The third-order valence-corrected chi connectivity index (χ3v) is 7.34. The summed E-state index contributed by atoms with van der Waals surface area (Å²) in [6.07, 6.45) is 2.17. The molecule has 0 saturated carbocycles. The zero-order valence-electron chi connectivity index (χ0n) is 18.3. The molecule has 32 heavy (non-hydrogen) atoms. The van der Waals surface area contributed by atoms with Gasteiger partial charge in [0.2, 0.25) is 11.8 Å². The number of hydrogen-bond donors (Lipinski definition) is 1. The molecule has 1 aromatic heterocycles. The van der Waals surface area contributed by atoms with Crippen molar-refractivity contribution in [2.45, 2.75) is 38.1 Å². The van der Waals surface area contributed by atoms with Crippen LogP contribution in [0.25, 0.3) is 10.9 Å². The average Bonchev–Trinajstić information content (AvgIpc) is 3.42. The highest BCUT2D eigenvalue weighted by Crippen LogP contribution is 2.33. The molecular weight excluding hydrogens is 422 g/mol. The molecule has 3 heterocycles. The molecule has 0 aliphatic carbocycles. The van der Waals surface area contributed by atoms with Crippen molar-refractivity contribution in [1.82, 2.24) is 14.8 Å². The summed E-state index contributed by atoms with van der Waals surface area (Å²) in [6.45, 7) is 4.02. The van der Waals surface area contributed by atoms with E-state index in [9.17, 15) is 9.59 Å². The fourth-order valence-electron chi connectivity index (χ4n) is 5.20. The summed E-state index contributed by atoms with van der Waals surface area (Å²) in [5, 5.41) is 1.87. The molecule has 2 fully saturated rings. The number of aromatic amines is 1. The number of carbonyl (C=O) groups is 2. The number of aromatic nitrogens is 1. The topological polar surface area (TPSA) is 56.4 Å². The first-order chi connectivity index (χ1) is 15.5. The average molecular weight is 450 g/mol. The number of halogens is 1. The van der Waals surface area contributed by atoms with E-state index in [1.165, 1.54) is 5.69 Å². The number of benzene rings is 2. The highest BCUT2D eigenvalue weighted by atomic mass is 35.5. The molecule has 2 atom stereocenters. The molecule has 2 unspecified atom stereocenters. The fourth-order valence-corrected chi connectivity index (χ4v) is 5.38. The van der Waals surface area contributed by atoms with Gasteiger partial charge in [-0.3, -0.25) is 9.59 Å². The quantitative estimate of drug-likeness (QED) is 0.599. The van der Waals surface area contributed by atoms with Gasteiger partial charge in [0.1, 0.15) is 0 Å². The predicted octanol–water partition coefficient (Wildman–Crippen LogP) is 5.14. The van der Waals surface area contributed by atoms with Crippen molar-refractivity contribution < 1.29 is 9.59 Å². The van der Waals surface area contributed by atoms with Crippen molar-refractivity contribution in [3.63, 3.8) is 0 Å². The van der Waals surface area contributed by atoms with Crippen molar-refractivity contribution >= 4 is 34.3 Å². The monoisotopic (exact) mass is 449 g/mol. The lowest BCUT2D eigenvalue weighted by atomic mass is 9.92. The van der Waals surface area contributed by atoms with Crippen LogP contribution >= 0.6 is 11.6 Å². The molecule has 1 N–H and O–H groups in total. The lowest BCUT2D eigenvalue weighted by Gasteiger charge is -2.33. The molecule has 5 rings (SSSR count). The SMILES string of the molecule is CC(c1ccccc1)N1CC(C(=O)N2CCC(c3cc4cc(Cl)ccc4[nH]3)CC2)CC1=O. The van der Waals surface area contributed by atoms with Crippen molar-refractivity contribution in [1.29, 1.82) is 0 Å².